The fourth-order valence-electron chi connectivity index (χ4n) is 3.30. The first-order valence-electron chi connectivity index (χ1n) is 8.64. The van der Waals surface area contributed by atoms with Gasteiger partial charge in [-0.05, 0) is 42.3 Å². The van der Waals surface area contributed by atoms with Crippen LogP contribution < -0.4 is 0 Å². The molecule has 142 valence electrons. The molecule has 1 aromatic carbocycles. The summed E-state index contributed by atoms with van der Waals surface area (Å²) in [5.74, 6) is 0.359. The quantitative estimate of drug-likeness (QED) is 0.646. The minimum absolute atomic E-state index is 0.0519. The fraction of sp³-hybridized carbons (Fsp3) is 0.333. The average molecular weight is 407 g/mol. The summed E-state index contributed by atoms with van der Waals surface area (Å²) in [4.78, 5) is 4.13. The molecule has 0 N–H and O–H groups in total. The van der Waals surface area contributed by atoms with Crippen molar-refractivity contribution in [1.29, 1.82) is 0 Å². The van der Waals surface area contributed by atoms with Crippen LogP contribution in [0.2, 0.25) is 0 Å². The Morgan fingerprint density at radius 2 is 2.15 bits per heavy atom. The van der Waals surface area contributed by atoms with Gasteiger partial charge in [-0.3, -0.25) is 0 Å². The number of hydrogen-bond donors (Lipinski definition) is 0. The van der Waals surface area contributed by atoms with Crippen LogP contribution in [0.3, 0.4) is 0 Å². The van der Waals surface area contributed by atoms with E-state index in [2.05, 4.69) is 10.1 Å². The lowest BCUT2D eigenvalue weighted by Gasteiger charge is -2.31. The van der Waals surface area contributed by atoms with Gasteiger partial charge >= 0.3 is 0 Å². The predicted molar refractivity (Wildman–Crippen MR) is 99.2 cm³/mol. The first-order chi connectivity index (χ1) is 13.0. The van der Waals surface area contributed by atoms with Crippen molar-refractivity contribution in [2.24, 2.45) is 5.92 Å². The van der Waals surface area contributed by atoms with Gasteiger partial charge < -0.3 is 4.52 Å². The molecule has 0 aliphatic carbocycles. The van der Waals surface area contributed by atoms with E-state index in [4.69, 9.17) is 4.52 Å². The van der Waals surface area contributed by atoms with Gasteiger partial charge in [-0.2, -0.15) is 20.6 Å². The number of aromatic nitrogens is 2. The molecule has 27 heavy (non-hydrogen) atoms. The van der Waals surface area contributed by atoms with E-state index in [1.54, 1.807) is 11.3 Å². The molecule has 3 heterocycles. The van der Waals surface area contributed by atoms with Crippen LogP contribution in [0.1, 0.15) is 18.7 Å². The van der Waals surface area contributed by atoms with Crippen LogP contribution in [0.5, 0.6) is 0 Å². The molecule has 1 atom stereocenters. The molecule has 1 saturated heterocycles. The van der Waals surface area contributed by atoms with Crippen LogP contribution in [0, 0.1) is 11.7 Å². The van der Waals surface area contributed by atoms with E-state index in [-0.39, 0.29) is 10.8 Å². The minimum Gasteiger partial charge on any atom is -0.339 e. The minimum atomic E-state index is -3.86. The van der Waals surface area contributed by atoms with Crippen LogP contribution in [-0.2, 0) is 16.4 Å². The van der Waals surface area contributed by atoms with E-state index in [1.807, 2.05) is 16.8 Å². The Bertz CT molecular complexity index is 1020. The van der Waals surface area contributed by atoms with Crippen molar-refractivity contribution in [1.82, 2.24) is 14.4 Å². The Hall–Kier alpha value is -2.10. The lowest BCUT2D eigenvalue weighted by molar-refractivity contribution is 0.246. The molecule has 3 aromatic rings. The number of halogens is 1. The Labute approximate surface area is 160 Å². The third-order valence-corrected chi connectivity index (χ3v) is 7.23. The molecule has 1 unspecified atom stereocenters. The van der Waals surface area contributed by atoms with Gasteiger partial charge in [-0.1, -0.05) is 17.3 Å². The molecular weight excluding hydrogens is 389 g/mol. The summed E-state index contributed by atoms with van der Waals surface area (Å²) in [7, 11) is -3.86. The summed E-state index contributed by atoms with van der Waals surface area (Å²) in [6.45, 7) is 0.698. The van der Waals surface area contributed by atoms with Crippen molar-refractivity contribution in [2.45, 2.75) is 24.2 Å². The van der Waals surface area contributed by atoms with Crippen LogP contribution in [0.15, 0.2) is 50.5 Å². The van der Waals surface area contributed by atoms with Crippen molar-refractivity contribution in [3.05, 3.63) is 52.8 Å². The second-order valence-corrected chi connectivity index (χ2v) is 9.22. The topological polar surface area (TPSA) is 76.3 Å². The van der Waals surface area contributed by atoms with Crippen molar-refractivity contribution in [3.8, 4) is 11.4 Å². The van der Waals surface area contributed by atoms with Crippen molar-refractivity contribution < 1.29 is 17.3 Å². The first kappa shape index (κ1) is 18.3. The zero-order valence-electron chi connectivity index (χ0n) is 14.4. The molecule has 6 nitrogen and oxygen atoms in total. The van der Waals surface area contributed by atoms with Gasteiger partial charge in [0.1, 0.15) is 10.7 Å². The van der Waals surface area contributed by atoms with Gasteiger partial charge in [0, 0.05) is 30.5 Å². The van der Waals surface area contributed by atoms with Crippen LogP contribution in [-0.4, -0.2) is 36.0 Å². The Morgan fingerprint density at radius 1 is 1.30 bits per heavy atom. The van der Waals surface area contributed by atoms with E-state index >= 15 is 0 Å². The molecular formula is C18H18FN3O3S2. The SMILES string of the molecule is O=S(=O)(c1ccccc1F)N1CCCC(Cc2nc(-c3ccsc3)no2)C1. The van der Waals surface area contributed by atoms with Crippen LogP contribution >= 0.6 is 11.3 Å². The molecule has 2 aromatic heterocycles. The number of piperidine rings is 1. The summed E-state index contributed by atoms with van der Waals surface area (Å²) in [6.07, 6.45) is 2.07. The van der Waals surface area contributed by atoms with E-state index < -0.39 is 15.8 Å². The lowest BCUT2D eigenvalue weighted by Crippen LogP contribution is -2.40. The van der Waals surface area contributed by atoms with Gasteiger partial charge in [0.15, 0.2) is 0 Å². The highest BCUT2D eigenvalue weighted by molar-refractivity contribution is 7.89. The molecule has 9 heteroatoms. The molecule has 0 spiro atoms. The Balaban J connectivity index is 1.48. The standard InChI is InChI=1S/C18H18FN3O3S2/c19-15-5-1-2-6-16(15)27(23,24)22-8-3-4-13(11-22)10-17-20-18(21-25-17)14-7-9-26-12-14/h1-2,5-7,9,12-13H,3-4,8,10-11H2. The zero-order valence-corrected chi connectivity index (χ0v) is 16.0. The van der Waals surface area contributed by atoms with Crippen molar-refractivity contribution in [2.75, 3.05) is 13.1 Å². The smallest absolute Gasteiger partial charge is 0.245 e. The number of nitrogens with zero attached hydrogens (tertiary/aromatic N) is 3. The number of sulfonamides is 1. The molecule has 0 saturated carbocycles. The summed E-state index contributed by atoms with van der Waals surface area (Å²) in [5, 5.41) is 7.88. The molecule has 0 bridgehead atoms. The van der Waals surface area contributed by atoms with Crippen LogP contribution in [0.25, 0.3) is 11.4 Å². The summed E-state index contributed by atoms with van der Waals surface area (Å²) < 4.78 is 46.3. The number of thiophene rings is 1. The summed E-state index contributed by atoms with van der Waals surface area (Å²) in [6, 6.07) is 7.40. The maximum atomic E-state index is 14.0. The molecule has 1 fully saturated rings. The van der Waals surface area contributed by atoms with Gasteiger partial charge in [-0.25, -0.2) is 12.8 Å². The van der Waals surface area contributed by atoms with E-state index in [0.717, 1.165) is 12.0 Å². The number of benzene rings is 1. The molecule has 4 rings (SSSR count). The Morgan fingerprint density at radius 3 is 2.93 bits per heavy atom. The lowest BCUT2D eigenvalue weighted by atomic mass is 9.96. The monoisotopic (exact) mass is 407 g/mol. The van der Waals surface area contributed by atoms with Gasteiger partial charge in [0.25, 0.3) is 0 Å². The summed E-state index contributed by atoms with van der Waals surface area (Å²) >= 11 is 1.56. The highest BCUT2D eigenvalue weighted by Gasteiger charge is 2.32. The second-order valence-electron chi connectivity index (χ2n) is 6.53. The molecule has 1 aliphatic rings. The summed E-state index contributed by atoms with van der Waals surface area (Å²) in [5.41, 5.74) is 0.905. The van der Waals surface area contributed by atoms with E-state index in [1.165, 1.54) is 28.6 Å². The maximum absolute atomic E-state index is 14.0. The second kappa shape index (κ2) is 7.49. The molecule has 0 radical (unpaired) electrons. The highest BCUT2D eigenvalue weighted by Crippen LogP contribution is 2.27. The van der Waals surface area contributed by atoms with Crippen molar-refractivity contribution in [3.63, 3.8) is 0 Å². The third-order valence-electron chi connectivity index (χ3n) is 4.65. The number of rotatable bonds is 5. The van der Waals surface area contributed by atoms with E-state index in [9.17, 15) is 12.8 Å². The molecule has 0 amide bonds. The Kier molecular flexibility index (Phi) is 5.07. The third kappa shape index (κ3) is 3.80. The number of hydrogen-bond acceptors (Lipinski definition) is 6. The van der Waals surface area contributed by atoms with Crippen LogP contribution in [0.4, 0.5) is 4.39 Å². The predicted octanol–water partition coefficient (Wildman–Crippen LogP) is 3.58. The zero-order chi connectivity index (χ0) is 18.9. The normalized spacial score (nSPS) is 18.6. The first-order valence-corrected chi connectivity index (χ1v) is 11.0. The maximum Gasteiger partial charge on any atom is 0.245 e. The van der Waals surface area contributed by atoms with Gasteiger partial charge in [-0.15, -0.1) is 0 Å². The largest absolute Gasteiger partial charge is 0.339 e. The van der Waals surface area contributed by atoms with Gasteiger partial charge in [0.05, 0.1) is 0 Å². The van der Waals surface area contributed by atoms with Crippen molar-refractivity contribution >= 4 is 21.4 Å². The average Bonchev–Trinajstić information content (AvgIpc) is 3.34. The van der Waals surface area contributed by atoms with Gasteiger partial charge in [0.2, 0.25) is 21.7 Å². The molecule has 1 aliphatic heterocycles. The van der Waals surface area contributed by atoms with E-state index in [0.29, 0.717) is 37.6 Å². The highest BCUT2D eigenvalue weighted by atomic mass is 32.2. The fourth-order valence-corrected chi connectivity index (χ4v) is 5.55.